The summed E-state index contributed by atoms with van der Waals surface area (Å²) < 4.78 is 0. The van der Waals surface area contributed by atoms with Gasteiger partial charge in [-0.1, -0.05) is 51.1 Å². The summed E-state index contributed by atoms with van der Waals surface area (Å²) in [4.78, 5) is 2.36. The second-order valence-corrected chi connectivity index (χ2v) is 7.74. The Morgan fingerprint density at radius 2 is 1.67 bits per heavy atom. The lowest BCUT2D eigenvalue weighted by atomic mass is 9.71. The molecule has 0 spiro atoms. The van der Waals surface area contributed by atoms with Gasteiger partial charge in [-0.25, -0.2) is 0 Å². The maximum Gasteiger partial charge on any atom is 0.0916 e. The maximum atomic E-state index is 10.4. The molecule has 1 N–H and O–H groups in total. The molecule has 0 radical (unpaired) electrons. The van der Waals surface area contributed by atoms with Crippen LogP contribution in [-0.4, -0.2) is 29.6 Å². The average molecular weight is 289 g/mol. The van der Waals surface area contributed by atoms with Crippen LogP contribution in [0.2, 0.25) is 0 Å². The molecule has 2 nitrogen and oxygen atoms in total. The third kappa shape index (κ3) is 4.55. The van der Waals surface area contributed by atoms with Gasteiger partial charge in [0, 0.05) is 12.6 Å². The number of hydrogen-bond acceptors (Lipinski definition) is 2. The van der Waals surface area contributed by atoms with Crippen molar-refractivity contribution in [3.63, 3.8) is 0 Å². The van der Waals surface area contributed by atoms with E-state index in [-0.39, 0.29) is 6.10 Å². The van der Waals surface area contributed by atoms with Gasteiger partial charge in [-0.05, 0) is 49.6 Å². The van der Waals surface area contributed by atoms with Crippen LogP contribution in [0.4, 0.5) is 0 Å². The van der Waals surface area contributed by atoms with Gasteiger partial charge in [0.1, 0.15) is 0 Å². The fraction of sp³-hybridized carbons (Fsp3) is 0.684. The topological polar surface area (TPSA) is 23.5 Å². The summed E-state index contributed by atoms with van der Waals surface area (Å²) in [5, 5.41) is 10.4. The molecule has 1 atom stereocenters. The molecule has 21 heavy (non-hydrogen) atoms. The highest BCUT2D eigenvalue weighted by Crippen LogP contribution is 2.38. The van der Waals surface area contributed by atoms with E-state index in [1.165, 1.54) is 25.7 Å². The molecule has 1 aliphatic rings. The van der Waals surface area contributed by atoms with E-state index in [1.807, 2.05) is 30.3 Å². The Hall–Kier alpha value is -0.860. The molecule has 0 heterocycles. The van der Waals surface area contributed by atoms with Crippen molar-refractivity contribution in [2.24, 2.45) is 11.3 Å². The van der Waals surface area contributed by atoms with Crippen LogP contribution in [0.3, 0.4) is 0 Å². The summed E-state index contributed by atoms with van der Waals surface area (Å²) in [6.45, 7) is 7.82. The smallest absolute Gasteiger partial charge is 0.0916 e. The fourth-order valence-electron chi connectivity index (χ4n) is 3.59. The second-order valence-electron chi connectivity index (χ2n) is 7.74. The summed E-state index contributed by atoms with van der Waals surface area (Å²) >= 11 is 0. The zero-order valence-corrected chi connectivity index (χ0v) is 14.0. The van der Waals surface area contributed by atoms with E-state index in [0.717, 1.165) is 18.0 Å². The van der Waals surface area contributed by atoms with Crippen LogP contribution in [-0.2, 0) is 0 Å². The lowest BCUT2D eigenvalue weighted by molar-refractivity contribution is 0.0682. The standard InChI is InChI=1S/C19H31NO/c1-19(2,3)16-10-12-17(13-11-16)20(4)14-18(21)15-8-6-5-7-9-15/h5-9,16-18,21H,10-14H2,1-4H3/t16?,17?,18-/m1/s1. The Balaban J connectivity index is 1.84. The van der Waals surface area contributed by atoms with Crippen molar-refractivity contribution in [3.8, 4) is 0 Å². The van der Waals surface area contributed by atoms with Crippen molar-refractivity contribution in [2.45, 2.75) is 58.6 Å². The molecule has 2 rings (SSSR count). The minimum absolute atomic E-state index is 0.378. The minimum atomic E-state index is -0.378. The van der Waals surface area contributed by atoms with Crippen LogP contribution in [0.1, 0.15) is 58.1 Å². The lowest BCUT2D eigenvalue weighted by Crippen LogP contribution is -2.39. The molecule has 0 aromatic heterocycles. The molecule has 0 saturated heterocycles. The van der Waals surface area contributed by atoms with Crippen LogP contribution >= 0.6 is 0 Å². The summed E-state index contributed by atoms with van der Waals surface area (Å²) in [6.07, 6.45) is 4.79. The highest BCUT2D eigenvalue weighted by molar-refractivity contribution is 5.17. The van der Waals surface area contributed by atoms with Gasteiger partial charge in [0.15, 0.2) is 0 Å². The molecule has 0 amide bonds. The molecule has 118 valence electrons. The van der Waals surface area contributed by atoms with Crippen molar-refractivity contribution in [1.82, 2.24) is 4.90 Å². The van der Waals surface area contributed by atoms with Crippen molar-refractivity contribution in [3.05, 3.63) is 35.9 Å². The molecule has 2 heteroatoms. The largest absolute Gasteiger partial charge is 0.387 e. The first-order valence-electron chi connectivity index (χ1n) is 8.31. The maximum absolute atomic E-state index is 10.4. The zero-order valence-electron chi connectivity index (χ0n) is 14.0. The number of likely N-dealkylation sites (N-methyl/N-ethyl adjacent to an activating group) is 1. The van der Waals surface area contributed by atoms with Crippen molar-refractivity contribution >= 4 is 0 Å². The Morgan fingerprint density at radius 3 is 2.19 bits per heavy atom. The van der Waals surface area contributed by atoms with Gasteiger partial charge in [-0.15, -0.1) is 0 Å². The SMILES string of the molecule is CN(C[C@@H](O)c1ccccc1)C1CCC(C(C)(C)C)CC1. The van der Waals surface area contributed by atoms with Crippen LogP contribution in [0.15, 0.2) is 30.3 Å². The number of aliphatic hydroxyl groups is 1. The molecule has 1 aromatic rings. The van der Waals surface area contributed by atoms with Crippen LogP contribution in [0.5, 0.6) is 0 Å². The van der Waals surface area contributed by atoms with Gasteiger partial charge in [0.05, 0.1) is 6.10 Å². The monoisotopic (exact) mass is 289 g/mol. The number of hydrogen-bond donors (Lipinski definition) is 1. The first-order valence-corrected chi connectivity index (χ1v) is 8.31. The minimum Gasteiger partial charge on any atom is -0.387 e. The molecule has 1 saturated carbocycles. The summed E-state index contributed by atoms with van der Waals surface area (Å²) in [5.41, 5.74) is 1.46. The van der Waals surface area contributed by atoms with Crippen LogP contribution in [0.25, 0.3) is 0 Å². The van der Waals surface area contributed by atoms with E-state index < -0.39 is 0 Å². The van der Waals surface area contributed by atoms with Crippen molar-refractivity contribution in [1.29, 1.82) is 0 Å². The van der Waals surface area contributed by atoms with Gasteiger partial charge in [0.2, 0.25) is 0 Å². The number of aliphatic hydroxyl groups excluding tert-OH is 1. The predicted molar refractivity (Wildman–Crippen MR) is 89.2 cm³/mol. The van der Waals surface area contributed by atoms with Gasteiger partial charge in [-0.2, -0.15) is 0 Å². The van der Waals surface area contributed by atoms with Crippen molar-refractivity contribution < 1.29 is 5.11 Å². The molecule has 0 bridgehead atoms. The van der Waals surface area contributed by atoms with Gasteiger partial charge >= 0.3 is 0 Å². The molecular weight excluding hydrogens is 258 g/mol. The van der Waals surface area contributed by atoms with Gasteiger partial charge in [-0.3, -0.25) is 0 Å². The van der Waals surface area contributed by atoms with E-state index in [9.17, 15) is 5.11 Å². The number of nitrogens with zero attached hydrogens (tertiary/aromatic N) is 1. The molecule has 1 aliphatic carbocycles. The number of benzene rings is 1. The van der Waals surface area contributed by atoms with Crippen molar-refractivity contribution in [2.75, 3.05) is 13.6 Å². The van der Waals surface area contributed by atoms with Crippen LogP contribution in [0, 0.1) is 11.3 Å². The Kier molecular flexibility index (Phi) is 5.45. The second kappa shape index (κ2) is 6.93. The molecule has 1 aromatic carbocycles. The van der Waals surface area contributed by atoms with E-state index in [0.29, 0.717) is 11.5 Å². The summed E-state index contributed by atoms with van der Waals surface area (Å²) in [6, 6.07) is 10.6. The predicted octanol–water partition coefficient (Wildman–Crippen LogP) is 4.26. The quantitative estimate of drug-likeness (QED) is 0.895. The third-order valence-electron chi connectivity index (χ3n) is 5.19. The molecule has 0 unspecified atom stereocenters. The first kappa shape index (κ1) is 16.5. The highest BCUT2D eigenvalue weighted by atomic mass is 16.3. The molecule has 1 fully saturated rings. The van der Waals surface area contributed by atoms with E-state index in [4.69, 9.17) is 0 Å². The summed E-state index contributed by atoms with van der Waals surface area (Å²) in [7, 11) is 2.16. The Labute approximate surface area is 130 Å². The van der Waals surface area contributed by atoms with Gasteiger partial charge in [0.25, 0.3) is 0 Å². The van der Waals surface area contributed by atoms with E-state index >= 15 is 0 Å². The fourth-order valence-corrected chi connectivity index (χ4v) is 3.59. The zero-order chi connectivity index (χ0) is 15.5. The first-order chi connectivity index (χ1) is 9.88. The van der Waals surface area contributed by atoms with E-state index in [2.05, 4.69) is 32.7 Å². The summed E-state index contributed by atoms with van der Waals surface area (Å²) in [5.74, 6) is 0.848. The molecule has 0 aliphatic heterocycles. The third-order valence-corrected chi connectivity index (χ3v) is 5.19. The normalized spacial score (nSPS) is 25.0. The highest BCUT2D eigenvalue weighted by Gasteiger charge is 2.31. The molecular formula is C19H31NO. The van der Waals surface area contributed by atoms with Gasteiger partial charge < -0.3 is 10.0 Å². The Morgan fingerprint density at radius 1 is 1.10 bits per heavy atom. The Bertz CT molecular complexity index is 415. The van der Waals surface area contributed by atoms with E-state index in [1.54, 1.807) is 0 Å². The van der Waals surface area contributed by atoms with Crippen LogP contribution < -0.4 is 0 Å². The lowest BCUT2D eigenvalue weighted by Gasteiger charge is -2.40. The average Bonchev–Trinajstić information content (AvgIpc) is 2.47. The number of rotatable bonds is 4.